The van der Waals surface area contributed by atoms with E-state index < -0.39 is 0 Å². The van der Waals surface area contributed by atoms with E-state index in [4.69, 9.17) is 0 Å². The van der Waals surface area contributed by atoms with Gasteiger partial charge in [0.2, 0.25) is 0 Å². The molecule has 0 aliphatic heterocycles. The van der Waals surface area contributed by atoms with Crippen molar-refractivity contribution in [2.24, 2.45) is 0 Å². The Hall–Kier alpha value is -0.650. The Morgan fingerprint density at radius 2 is 2.25 bits per heavy atom. The molecule has 0 spiro atoms. The van der Waals surface area contributed by atoms with Crippen LogP contribution in [-0.2, 0) is 6.42 Å². The zero-order valence-electron chi connectivity index (χ0n) is 8.40. The summed E-state index contributed by atoms with van der Waals surface area (Å²) in [5.41, 5.74) is 0.748. The van der Waals surface area contributed by atoms with Crippen molar-refractivity contribution in [3.63, 3.8) is 0 Å². The maximum atomic E-state index is 11.6. The quantitative estimate of drug-likeness (QED) is 0.918. The van der Waals surface area contributed by atoms with Crippen molar-refractivity contribution in [2.45, 2.75) is 6.42 Å². The van der Waals surface area contributed by atoms with E-state index in [1.807, 2.05) is 22.9 Å². The van der Waals surface area contributed by atoms with Crippen molar-refractivity contribution in [2.75, 3.05) is 6.54 Å². The largest absolute Gasteiger partial charge is 0.352 e. The SMILES string of the molecule is O=C(NCCc1ccc(Br)s1)c1ccsc1. The molecule has 0 bridgehead atoms. The summed E-state index contributed by atoms with van der Waals surface area (Å²) in [5, 5.41) is 6.67. The molecule has 0 radical (unpaired) electrons. The number of nitrogens with one attached hydrogen (secondary N) is 1. The predicted molar refractivity (Wildman–Crippen MR) is 72.4 cm³/mol. The Balaban J connectivity index is 1.78. The maximum Gasteiger partial charge on any atom is 0.252 e. The van der Waals surface area contributed by atoms with Crippen LogP contribution in [0.15, 0.2) is 32.7 Å². The van der Waals surface area contributed by atoms with Gasteiger partial charge in [-0.2, -0.15) is 11.3 Å². The van der Waals surface area contributed by atoms with E-state index in [-0.39, 0.29) is 5.91 Å². The molecular weight excluding hydrogens is 306 g/mol. The Morgan fingerprint density at radius 1 is 1.38 bits per heavy atom. The number of hydrogen-bond acceptors (Lipinski definition) is 3. The molecule has 0 aromatic carbocycles. The molecule has 0 saturated carbocycles. The molecule has 2 nitrogen and oxygen atoms in total. The van der Waals surface area contributed by atoms with Gasteiger partial charge in [-0.25, -0.2) is 0 Å². The van der Waals surface area contributed by atoms with Crippen LogP contribution in [0.3, 0.4) is 0 Å². The maximum absolute atomic E-state index is 11.6. The lowest BCUT2D eigenvalue weighted by Gasteiger charge is -2.01. The Labute approximate surface area is 110 Å². The summed E-state index contributed by atoms with van der Waals surface area (Å²) in [5.74, 6) is 0.0110. The first kappa shape index (κ1) is 11.8. The molecule has 0 unspecified atom stereocenters. The first-order valence-corrected chi connectivity index (χ1v) is 7.35. The van der Waals surface area contributed by atoms with Gasteiger partial charge in [-0.15, -0.1) is 11.3 Å². The molecule has 0 fully saturated rings. The van der Waals surface area contributed by atoms with Gasteiger partial charge in [0.05, 0.1) is 3.79 Å². The van der Waals surface area contributed by atoms with E-state index in [2.05, 4.69) is 27.3 Å². The smallest absolute Gasteiger partial charge is 0.252 e. The summed E-state index contributed by atoms with van der Waals surface area (Å²) in [6.07, 6.45) is 0.881. The average molecular weight is 316 g/mol. The third kappa shape index (κ3) is 3.17. The van der Waals surface area contributed by atoms with E-state index in [0.717, 1.165) is 15.8 Å². The van der Waals surface area contributed by atoms with Gasteiger partial charge in [0.1, 0.15) is 0 Å². The van der Waals surface area contributed by atoms with Crippen molar-refractivity contribution in [1.82, 2.24) is 5.32 Å². The molecule has 0 saturated heterocycles. The molecule has 1 amide bonds. The number of rotatable bonds is 4. The summed E-state index contributed by atoms with van der Waals surface area (Å²) >= 11 is 6.66. The van der Waals surface area contributed by atoms with Crippen LogP contribution in [0.2, 0.25) is 0 Å². The highest BCUT2D eigenvalue weighted by atomic mass is 79.9. The number of carbonyl (C=O) groups is 1. The van der Waals surface area contributed by atoms with Gasteiger partial charge < -0.3 is 5.32 Å². The second-order valence-corrected chi connectivity index (χ2v) is 6.55. The van der Waals surface area contributed by atoms with Crippen molar-refractivity contribution in [1.29, 1.82) is 0 Å². The van der Waals surface area contributed by atoms with E-state index in [0.29, 0.717) is 6.54 Å². The molecule has 2 rings (SSSR count). The number of halogens is 1. The minimum Gasteiger partial charge on any atom is -0.352 e. The van der Waals surface area contributed by atoms with Gasteiger partial charge in [-0.05, 0) is 45.9 Å². The average Bonchev–Trinajstić information content (AvgIpc) is 2.89. The van der Waals surface area contributed by atoms with Crippen molar-refractivity contribution in [3.8, 4) is 0 Å². The van der Waals surface area contributed by atoms with Gasteiger partial charge in [0, 0.05) is 22.4 Å². The molecule has 0 atom stereocenters. The third-order valence-electron chi connectivity index (χ3n) is 2.07. The van der Waals surface area contributed by atoms with Crippen LogP contribution in [0.1, 0.15) is 15.2 Å². The minimum absolute atomic E-state index is 0.0110. The molecule has 1 N–H and O–H groups in total. The second kappa shape index (κ2) is 5.61. The molecule has 2 aromatic rings. The van der Waals surface area contributed by atoms with E-state index >= 15 is 0 Å². The summed E-state index contributed by atoms with van der Waals surface area (Å²) in [6, 6.07) is 5.94. The van der Waals surface area contributed by atoms with E-state index in [1.165, 1.54) is 16.2 Å². The van der Waals surface area contributed by atoms with Crippen LogP contribution >= 0.6 is 38.6 Å². The van der Waals surface area contributed by atoms with Crippen LogP contribution in [0.25, 0.3) is 0 Å². The van der Waals surface area contributed by atoms with Crippen LogP contribution in [-0.4, -0.2) is 12.5 Å². The fraction of sp³-hybridized carbons (Fsp3) is 0.182. The second-order valence-electron chi connectivity index (χ2n) is 3.22. The van der Waals surface area contributed by atoms with Crippen LogP contribution < -0.4 is 5.32 Å². The predicted octanol–water partition coefficient (Wildman–Crippen LogP) is 3.54. The summed E-state index contributed by atoms with van der Waals surface area (Å²) in [7, 11) is 0. The molecule has 5 heteroatoms. The number of hydrogen-bond donors (Lipinski definition) is 1. The van der Waals surface area contributed by atoms with Crippen LogP contribution in [0.5, 0.6) is 0 Å². The van der Waals surface area contributed by atoms with E-state index in [1.54, 1.807) is 11.3 Å². The molecular formula is C11H10BrNOS2. The van der Waals surface area contributed by atoms with Gasteiger partial charge in [-0.3, -0.25) is 4.79 Å². The summed E-state index contributed by atoms with van der Waals surface area (Å²) < 4.78 is 1.13. The van der Waals surface area contributed by atoms with E-state index in [9.17, 15) is 4.79 Å². The van der Waals surface area contributed by atoms with Gasteiger partial charge in [-0.1, -0.05) is 0 Å². The molecule has 84 valence electrons. The van der Waals surface area contributed by atoms with Crippen molar-refractivity contribution in [3.05, 3.63) is 43.2 Å². The summed E-state index contributed by atoms with van der Waals surface area (Å²) in [4.78, 5) is 12.9. The number of carbonyl (C=O) groups excluding carboxylic acids is 1. The van der Waals surface area contributed by atoms with Gasteiger partial charge in [0.25, 0.3) is 5.91 Å². The minimum atomic E-state index is 0.0110. The molecule has 2 heterocycles. The van der Waals surface area contributed by atoms with Gasteiger partial charge >= 0.3 is 0 Å². The number of amides is 1. The first-order valence-electron chi connectivity index (χ1n) is 4.80. The lowest BCUT2D eigenvalue weighted by molar-refractivity contribution is 0.0954. The molecule has 0 aliphatic carbocycles. The lowest BCUT2D eigenvalue weighted by Crippen LogP contribution is -2.24. The topological polar surface area (TPSA) is 29.1 Å². The fourth-order valence-electron chi connectivity index (χ4n) is 1.28. The first-order chi connectivity index (χ1) is 7.75. The highest BCUT2D eigenvalue weighted by molar-refractivity contribution is 9.11. The van der Waals surface area contributed by atoms with Gasteiger partial charge in [0.15, 0.2) is 0 Å². The normalized spacial score (nSPS) is 10.3. The molecule has 2 aromatic heterocycles. The zero-order chi connectivity index (χ0) is 11.4. The Morgan fingerprint density at radius 3 is 2.88 bits per heavy atom. The van der Waals surface area contributed by atoms with Crippen LogP contribution in [0, 0.1) is 0 Å². The number of thiophene rings is 2. The Kier molecular flexibility index (Phi) is 4.15. The molecule has 0 aliphatic rings. The third-order valence-corrected chi connectivity index (χ3v) is 4.44. The standard InChI is InChI=1S/C11H10BrNOS2/c12-10-2-1-9(16-10)3-5-13-11(14)8-4-6-15-7-8/h1-2,4,6-7H,3,5H2,(H,13,14). The molecule has 16 heavy (non-hydrogen) atoms. The highest BCUT2D eigenvalue weighted by Crippen LogP contribution is 2.22. The zero-order valence-corrected chi connectivity index (χ0v) is 11.6. The van der Waals surface area contributed by atoms with Crippen LogP contribution in [0.4, 0.5) is 0 Å². The summed E-state index contributed by atoms with van der Waals surface area (Å²) in [6.45, 7) is 0.682. The monoisotopic (exact) mass is 315 g/mol. The Bertz CT molecular complexity index is 464. The lowest BCUT2D eigenvalue weighted by atomic mass is 10.3. The van der Waals surface area contributed by atoms with Crippen molar-refractivity contribution >= 4 is 44.5 Å². The highest BCUT2D eigenvalue weighted by Gasteiger charge is 2.04. The van der Waals surface area contributed by atoms with Crippen molar-refractivity contribution < 1.29 is 4.79 Å². The fourth-order valence-corrected chi connectivity index (χ4v) is 3.40.